The number of esters is 1. The van der Waals surface area contributed by atoms with Crippen LogP contribution in [0.25, 0.3) is 0 Å². The Hall–Kier alpha value is -2.90. The molecule has 0 spiro atoms. The Kier molecular flexibility index (Phi) is 6.78. The highest BCUT2D eigenvalue weighted by atomic mass is 16.6. The van der Waals surface area contributed by atoms with Crippen molar-refractivity contribution in [2.45, 2.75) is 13.0 Å². The van der Waals surface area contributed by atoms with Gasteiger partial charge >= 0.3 is 12.1 Å². The van der Waals surface area contributed by atoms with E-state index in [1.54, 1.807) is 29.3 Å². The molecule has 0 saturated carbocycles. The summed E-state index contributed by atoms with van der Waals surface area (Å²) < 4.78 is 15.7. The second-order valence-electron chi connectivity index (χ2n) is 6.07. The van der Waals surface area contributed by atoms with E-state index in [-0.39, 0.29) is 19.0 Å². The van der Waals surface area contributed by atoms with Crippen molar-refractivity contribution in [1.29, 1.82) is 0 Å². The minimum atomic E-state index is -0.549. The third kappa shape index (κ3) is 6.40. The van der Waals surface area contributed by atoms with Gasteiger partial charge < -0.3 is 14.2 Å². The Morgan fingerprint density at radius 3 is 2.37 bits per heavy atom. The average molecular weight is 370 g/mol. The SMILES string of the molecule is O=C(Cc1ccc(OC(=O)NN2CCOCC2)cc1)OCc1ccccc1. The summed E-state index contributed by atoms with van der Waals surface area (Å²) in [5.74, 6) is 0.0970. The van der Waals surface area contributed by atoms with E-state index in [1.165, 1.54) is 0 Å². The van der Waals surface area contributed by atoms with Gasteiger partial charge in [0.15, 0.2) is 0 Å². The minimum Gasteiger partial charge on any atom is -0.461 e. The van der Waals surface area contributed by atoms with Crippen LogP contribution in [0.1, 0.15) is 11.1 Å². The van der Waals surface area contributed by atoms with E-state index in [2.05, 4.69) is 5.43 Å². The highest BCUT2D eigenvalue weighted by Crippen LogP contribution is 2.13. The lowest BCUT2D eigenvalue weighted by Crippen LogP contribution is -2.49. The van der Waals surface area contributed by atoms with Gasteiger partial charge in [0.2, 0.25) is 0 Å². The summed E-state index contributed by atoms with van der Waals surface area (Å²) in [7, 11) is 0. The number of amides is 1. The van der Waals surface area contributed by atoms with Crippen LogP contribution in [0.5, 0.6) is 5.75 Å². The number of rotatable bonds is 6. The number of benzene rings is 2. The molecule has 3 rings (SSSR count). The Labute approximate surface area is 157 Å². The largest absolute Gasteiger partial charge is 0.461 e. The van der Waals surface area contributed by atoms with Crippen LogP contribution < -0.4 is 10.2 Å². The average Bonchev–Trinajstić information content (AvgIpc) is 2.69. The summed E-state index contributed by atoms with van der Waals surface area (Å²) >= 11 is 0. The number of carbonyl (C=O) groups excluding carboxylic acids is 2. The fourth-order valence-electron chi connectivity index (χ4n) is 2.57. The van der Waals surface area contributed by atoms with Gasteiger partial charge in [0, 0.05) is 13.1 Å². The molecule has 7 nitrogen and oxygen atoms in total. The quantitative estimate of drug-likeness (QED) is 0.787. The number of hydrogen-bond donors (Lipinski definition) is 1. The fourth-order valence-corrected chi connectivity index (χ4v) is 2.57. The predicted octanol–water partition coefficient (Wildman–Crippen LogP) is 2.31. The molecule has 1 N–H and O–H groups in total. The van der Waals surface area contributed by atoms with E-state index in [9.17, 15) is 9.59 Å². The molecule has 0 atom stereocenters. The molecule has 0 aliphatic carbocycles. The molecule has 7 heteroatoms. The molecule has 1 fully saturated rings. The van der Waals surface area contributed by atoms with E-state index in [0.717, 1.165) is 11.1 Å². The van der Waals surface area contributed by atoms with E-state index in [4.69, 9.17) is 14.2 Å². The lowest BCUT2D eigenvalue weighted by molar-refractivity contribution is -0.144. The van der Waals surface area contributed by atoms with Crippen molar-refractivity contribution >= 4 is 12.1 Å². The third-order valence-electron chi connectivity index (χ3n) is 3.99. The van der Waals surface area contributed by atoms with Gasteiger partial charge in [-0.15, -0.1) is 0 Å². The molecule has 27 heavy (non-hydrogen) atoms. The summed E-state index contributed by atoms with van der Waals surface area (Å²) in [6, 6.07) is 16.3. The number of hydrazine groups is 1. The standard InChI is InChI=1S/C20H22N2O5/c23-19(26-15-17-4-2-1-3-5-17)14-16-6-8-18(9-7-16)27-20(24)21-22-10-12-25-13-11-22/h1-9H,10-15H2,(H,21,24). The van der Waals surface area contributed by atoms with Crippen molar-refractivity contribution in [1.82, 2.24) is 10.4 Å². The fraction of sp³-hybridized carbons (Fsp3) is 0.300. The van der Waals surface area contributed by atoms with Gasteiger partial charge in [0.05, 0.1) is 19.6 Å². The van der Waals surface area contributed by atoms with Gasteiger partial charge in [-0.25, -0.2) is 9.80 Å². The Morgan fingerprint density at radius 2 is 1.67 bits per heavy atom. The molecule has 1 heterocycles. The number of ether oxygens (including phenoxy) is 3. The number of carbonyl (C=O) groups is 2. The summed E-state index contributed by atoms with van der Waals surface area (Å²) in [5, 5.41) is 1.75. The molecular weight excluding hydrogens is 348 g/mol. The van der Waals surface area contributed by atoms with Gasteiger partial charge in [-0.05, 0) is 23.3 Å². The van der Waals surface area contributed by atoms with Crippen molar-refractivity contribution in [3.8, 4) is 5.75 Å². The zero-order valence-corrected chi connectivity index (χ0v) is 14.9. The summed E-state index contributed by atoms with van der Waals surface area (Å²) in [4.78, 5) is 23.8. The van der Waals surface area contributed by atoms with Crippen LogP contribution in [0.3, 0.4) is 0 Å². The molecule has 2 aromatic carbocycles. The summed E-state index contributed by atoms with van der Waals surface area (Å²) in [6.07, 6.45) is -0.389. The normalized spacial score (nSPS) is 14.4. The van der Waals surface area contributed by atoms with Crippen molar-refractivity contribution < 1.29 is 23.8 Å². The highest BCUT2D eigenvalue weighted by molar-refractivity contribution is 5.73. The van der Waals surface area contributed by atoms with Gasteiger partial charge in [-0.1, -0.05) is 42.5 Å². The first-order valence-electron chi connectivity index (χ1n) is 8.79. The predicted molar refractivity (Wildman–Crippen MR) is 97.9 cm³/mol. The maximum atomic E-state index is 11.9. The zero-order chi connectivity index (χ0) is 18.9. The second kappa shape index (κ2) is 9.70. The highest BCUT2D eigenvalue weighted by Gasteiger charge is 2.14. The van der Waals surface area contributed by atoms with Crippen LogP contribution in [-0.2, 0) is 27.3 Å². The number of hydrogen-bond acceptors (Lipinski definition) is 6. The zero-order valence-electron chi connectivity index (χ0n) is 14.9. The van der Waals surface area contributed by atoms with E-state index < -0.39 is 6.09 Å². The number of nitrogens with zero attached hydrogens (tertiary/aromatic N) is 1. The van der Waals surface area contributed by atoms with E-state index in [1.807, 2.05) is 30.3 Å². The molecule has 0 bridgehead atoms. The monoisotopic (exact) mass is 370 g/mol. The van der Waals surface area contributed by atoms with Crippen molar-refractivity contribution in [2.24, 2.45) is 0 Å². The van der Waals surface area contributed by atoms with Crippen LogP contribution >= 0.6 is 0 Å². The lowest BCUT2D eigenvalue weighted by Gasteiger charge is -2.26. The molecule has 0 radical (unpaired) electrons. The van der Waals surface area contributed by atoms with Crippen molar-refractivity contribution in [2.75, 3.05) is 26.3 Å². The second-order valence-corrected chi connectivity index (χ2v) is 6.07. The molecule has 1 saturated heterocycles. The van der Waals surface area contributed by atoms with Crippen LogP contribution in [0.2, 0.25) is 0 Å². The van der Waals surface area contributed by atoms with E-state index in [0.29, 0.717) is 32.1 Å². The van der Waals surface area contributed by atoms with Crippen molar-refractivity contribution in [3.63, 3.8) is 0 Å². The minimum absolute atomic E-state index is 0.160. The topological polar surface area (TPSA) is 77.1 Å². The van der Waals surface area contributed by atoms with Gasteiger partial charge in [0.1, 0.15) is 12.4 Å². The molecule has 1 aliphatic heterocycles. The van der Waals surface area contributed by atoms with Crippen LogP contribution in [0.4, 0.5) is 4.79 Å². The molecule has 2 aromatic rings. The van der Waals surface area contributed by atoms with Gasteiger partial charge in [0.25, 0.3) is 0 Å². The van der Waals surface area contributed by atoms with Crippen molar-refractivity contribution in [3.05, 3.63) is 65.7 Å². The Morgan fingerprint density at radius 1 is 0.963 bits per heavy atom. The summed E-state index contributed by atoms with van der Waals surface area (Å²) in [6.45, 7) is 2.66. The molecule has 1 aliphatic rings. The van der Waals surface area contributed by atoms with Crippen LogP contribution in [-0.4, -0.2) is 43.4 Å². The molecule has 0 unspecified atom stereocenters. The van der Waals surface area contributed by atoms with Gasteiger partial charge in [-0.2, -0.15) is 0 Å². The smallest absolute Gasteiger partial charge is 0.427 e. The first kappa shape index (κ1) is 18.9. The maximum absolute atomic E-state index is 11.9. The Balaban J connectivity index is 1.42. The lowest BCUT2D eigenvalue weighted by atomic mass is 10.1. The molecule has 0 aromatic heterocycles. The maximum Gasteiger partial charge on any atom is 0.427 e. The molecular formula is C20H22N2O5. The number of morpholine rings is 1. The number of nitrogens with one attached hydrogen (secondary N) is 1. The van der Waals surface area contributed by atoms with Gasteiger partial charge in [-0.3, -0.25) is 10.2 Å². The van der Waals surface area contributed by atoms with E-state index >= 15 is 0 Å². The summed E-state index contributed by atoms with van der Waals surface area (Å²) in [5.41, 5.74) is 4.40. The van der Waals surface area contributed by atoms with Crippen LogP contribution in [0.15, 0.2) is 54.6 Å². The third-order valence-corrected chi connectivity index (χ3v) is 3.99. The first-order chi connectivity index (χ1) is 13.2. The first-order valence-corrected chi connectivity index (χ1v) is 8.79. The molecule has 1 amide bonds. The Bertz CT molecular complexity index is 743. The molecule has 142 valence electrons. The van der Waals surface area contributed by atoms with Crippen LogP contribution in [0, 0.1) is 0 Å².